The Bertz CT molecular complexity index is 805. The molecule has 2 amide bonds. The second-order valence-electron chi connectivity index (χ2n) is 5.65. The third-order valence-corrected chi connectivity index (χ3v) is 4.82. The van der Waals surface area contributed by atoms with E-state index in [1.165, 1.54) is 18.7 Å². The molecule has 1 unspecified atom stereocenters. The van der Waals surface area contributed by atoms with Gasteiger partial charge in [-0.15, -0.1) is 11.8 Å². The minimum Gasteiger partial charge on any atom is -0.326 e. The van der Waals surface area contributed by atoms with Crippen LogP contribution in [-0.2, 0) is 9.59 Å². The highest BCUT2D eigenvalue weighted by Gasteiger charge is 2.14. The lowest BCUT2D eigenvalue weighted by Gasteiger charge is -2.10. The second-order valence-corrected chi connectivity index (χ2v) is 7.50. The van der Waals surface area contributed by atoms with E-state index in [2.05, 4.69) is 15.8 Å². The summed E-state index contributed by atoms with van der Waals surface area (Å²) in [4.78, 5) is 24.2. The number of carbonyl (C=O) groups excluding carboxylic acids is 2. The van der Waals surface area contributed by atoms with Gasteiger partial charge in [-0.3, -0.25) is 9.59 Å². The first-order valence-electron chi connectivity index (χ1n) is 7.99. The lowest BCUT2D eigenvalue weighted by Crippen LogP contribution is -2.27. The standard InChI is InChI=1S/C19H20ClN3O2S/c1-12(15-4-8-17(9-5-15)21-14(3)24)22-23-19(25)13(2)26-18-10-6-16(20)7-11-18/h4-11,13H,1-3H3,(H,21,24)(H,23,25)/b22-12+. The molecule has 0 aliphatic rings. The maximum atomic E-state index is 12.2. The SMILES string of the molecule is CC(=O)Nc1ccc(/C(C)=N/NC(=O)C(C)Sc2ccc(Cl)cc2)cc1. The van der Waals surface area contributed by atoms with E-state index < -0.39 is 0 Å². The van der Waals surface area contributed by atoms with Crippen molar-refractivity contribution in [2.45, 2.75) is 30.9 Å². The van der Waals surface area contributed by atoms with Crippen molar-refractivity contribution in [3.8, 4) is 0 Å². The van der Waals surface area contributed by atoms with Crippen LogP contribution in [0.2, 0.25) is 5.02 Å². The van der Waals surface area contributed by atoms with Crippen LogP contribution in [0.25, 0.3) is 0 Å². The maximum Gasteiger partial charge on any atom is 0.253 e. The van der Waals surface area contributed by atoms with Gasteiger partial charge < -0.3 is 5.32 Å². The van der Waals surface area contributed by atoms with Crippen molar-refractivity contribution < 1.29 is 9.59 Å². The summed E-state index contributed by atoms with van der Waals surface area (Å²) in [6, 6.07) is 14.6. The minimum atomic E-state index is -0.296. The van der Waals surface area contributed by atoms with Crippen LogP contribution in [0.1, 0.15) is 26.3 Å². The van der Waals surface area contributed by atoms with Crippen LogP contribution in [0.15, 0.2) is 58.5 Å². The Kier molecular flexibility index (Phi) is 7.24. The third-order valence-electron chi connectivity index (χ3n) is 3.45. The number of halogens is 1. The molecule has 2 aromatic carbocycles. The van der Waals surface area contributed by atoms with Gasteiger partial charge in [-0.25, -0.2) is 5.43 Å². The summed E-state index contributed by atoms with van der Waals surface area (Å²) in [5.41, 5.74) is 4.84. The molecule has 0 bridgehead atoms. The number of hydrogen-bond acceptors (Lipinski definition) is 4. The van der Waals surface area contributed by atoms with Crippen LogP contribution in [0.4, 0.5) is 5.69 Å². The molecule has 1 atom stereocenters. The van der Waals surface area contributed by atoms with Crippen molar-refractivity contribution >= 4 is 46.6 Å². The topological polar surface area (TPSA) is 70.6 Å². The molecular weight excluding hydrogens is 370 g/mol. The number of hydrazone groups is 1. The van der Waals surface area contributed by atoms with Gasteiger partial charge in [0, 0.05) is 22.5 Å². The number of carbonyl (C=O) groups is 2. The summed E-state index contributed by atoms with van der Waals surface area (Å²) in [6.07, 6.45) is 0. The van der Waals surface area contributed by atoms with E-state index in [0.29, 0.717) is 16.4 Å². The number of nitrogens with zero attached hydrogens (tertiary/aromatic N) is 1. The van der Waals surface area contributed by atoms with Crippen molar-refractivity contribution in [1.82, 2.24) is 5.43 Å². The fourth-order valence-electron chi connectivity index (χ4n) is 2.06. The zero-order chi connectivity index (χ0) is 19.1. The van der Waals surface area contributed by atoms with Crippen LogP contribution in [0.5, 0.6) is 0 Å². The van der Waals surface area contributed by atoms with Gasteiger partial charge in [-0.2, -0.15) is 5.10 Å². The lowest BCUT2D eigenvalue weighted by atomic mass is 10.1. The number of amides is 2. The largest absolute Gasteiger partial charge is 0.326 e. The smallest absolute Gasteiger partial charge is 0.253 e. The summed E-state index contributed by atoms with van der Waals surface area (Å²) in [5, 5.41) is 7.23. The molecule has 2 N–H and O–H groups in total. The van der Waals surface area contributed by atoms with E-state index in [0.717, 1.165) is 10.5 Å². The van der Waals surface area contributed by atoms with Crippen LogP contribution < -0.4 is 10.7 Å². The fourth-order valence-corrected chi connectivity index (χ4v) is 3.05. The Balaban J connectivity index is 1.93. The molecule has 5 nitrogen and oxygen atoms in total. The summed E-state index contributed by atoms with van der Waals surface area (Å²) in [5.74, 6) is -0.304. The highest BCUT2D eigenvalue weighted by molar-refractivity contribution is 8.00. The summed E-state index contributed by atoms with van der Waals surface area (Å²) in [6.45, 7) is 5.09. The summed E-state index contributed by atoms with van der Waals surface area (Å²) in [7, 11) is 0. The lowest BCUT2D eigenvalue weighted by molar-refractivity contribution is -0.120. The summed E-state index contributed by atoms with van der Waals surface area (Å²) < 4.78 is 0. The fraction of sp³-hybridized carbons (Fsp3) is 0.211. The van der Waals surface area contributed by atoms with Gasteiger partial charge in [0.1, 0.15) is 0 Å². The molecule has 0 aromatic heterocycles. The van der Waals surface area contributed by atoms with Gasteiger partial charge in [-0.1, -0.05) is 23.7 Å². The van der Waals surface area contributed by atoms with Crippen LogP contribution in [0.3, 0.4) is 0 Å². The monoisotopic (exact) mass is 389 g/mol. The molecule has 0 aliphatic heterocycles. The molecule has 26 heavy (non-hydrogen) atoms. The van der Waals surface area contributed by atoms with E-state index in [-0.39, 0.29) is 17.1 Å². The van der Waals surface area contributed by atoms with Gasteiger partial charge >= 0.3 is 0 Å². The molecular formula is C19H20ClN3O2S. The Morgan fingerprint density at radius 1 is 1.04 bits per heavy atom. The average Bonchev–Trinajstić information content (AvgIpc) is 2.61. The molecule has 0 saturated heterocycles. The van der Waals surface area contributed by atoms with Crippen molar-refractivity contribution in [2.24, 2.45) is 5.10 Å². The second kappa shape index (κ2) is 9.40. The average molecular weight is 390 g/mol. The molecule has 2 aromatic rings. The van der Waals surface area contributed by atoms with E-state index >= 15 is 0 Å². The Labute approximate surface area is 162 Å². The molecule has 0 fully saturated rings. The zero-order valence-electron chi connectivity index (χ0n) is 14.7. The van der Waals surface area contributed by atoms with Crippen molar-refractivity contribution in [2.75, 3.05) is 5.32 Å². The molecule has 136 valence electrons. The van der Waals surface area contributed by atoms with Crippen molar-refractivity contribution in [1.29, 1.82) is 0 Å². The first-order valence-corrected chi connectivity index (χ1v) is 9.25. The molecule has 7 heteroatoms. The van der Waals surface area contributed by atoms with E-state index in [1.54, 1.807) is 24.3 Å². The van der Waals surface area contributed by atoms with Gasteiger partial charge in [0.15, 0.2) is 0 Å². The first-order chi connectivity index (χ1) is 12.3. The molecule has 0 saturated carbocycles. The van der Waals surface area contributed by atoms with Crippen molar-refractivity contribution in [3.63, 3.8) is 0 Å². The Morgan fingerprint density at radius 3 is 2.23 bits per heavy atom. The van der Waals surface area contributed by atoms with E-state index in [4.69, 9.17) is 11.6 Å². The van der Waals surface area contributed by atoms with E-state index in [1.807, 2.05) is 38.1 Å². The normalized spacial score (nSPS) is 12.4. The molecule has 0 heterocycles. The van der Waals surface area contributed by atoms with Gasteiger partial charge in [0.2, 0.25) is 5.91 Å². The zero-order valence-corrected chi connectivity index (χ0v) is 16.3. The summed E-state index contributed by atoms with van der Waals surface area (Å²) >= 11 is 7.30. The molecule has 0 radical (unpaired) electrons. The first kappa shape index (κ1) is 20.0. The predicted octanol–water partition coefficient (Wildman–Crippen LogP) is 4.32. The number of hydrogen-bond donors (Lipinski definition) is 2. The predicted molar refractivity (Wildman–Crippen MR) is 108 cm³/mol. The number of nitrogens with one attached hydrogen (secondary N) is 2. The van der Waals surface area contributed by atoms with Crippen LogP contribution >= 0.6 is 23.4 Å². The van der Waals surface area contributed by atoms with Crippen molar-refractivity contribution in [3.05, 3.63) is 59.1 Å². The third kappa shape index (κ3) is 6.20. The number of rotatable bonds is 6. The van der Waals surface area contributed by atoms with E-state index in [9.17, 15) is 9.59 Å². The Hall–Kier alpha value is -2.31. The molecule has 0 spiro atoms. The van der Waals surface area contributed by atoms with Gasteiger partial charge in [-0.05, 0) is 55.8 Å². The number of thioether (sulfide) groups is 1. The van der Waals surface area contributed by atoms with Crippen LogP contribution in [0, 0.1) is 0 Å². The quantitative estimate of drug-likeness (QED) is 0.439. The highest BCUT2D eigenvalue weighted by atomic mass is 35.5. The Morgan fingerprint density at radius 2 is 1.65 bits per heavy atom. The maximum absolute atomic E-state index is 12.2. The number of benzene rings is 2. The highest BCUT2D eigenvalue weighted by Crippen LogP contribution is 2.24. The minimum absolute atomic E-state index is 0.123. The number of anilines is 1. The molecule has 2 rings (SSSR count). The molecule has 0 aliphatic carbocycles. The van der Waals surface area contributed by atoms with Gasteiger partial charge in [0.05, 0.1) is 11.0 Å². The van der Waals surface area contributed by atoms with Gasteiger partial charge in [0.25, 0.3) is 5.91 Å². The van der Waals surface area contributed by atoms with Crippen LogP contribution in [-0.4, -0.2) is 22.8 Å².